The number of carbonyl (C=O) groups is 2. The van der Waals surface area contributed by atoms with E-state index < -0.39 is 5.97 Å². The molecule has 0 aliphatic heterocycles. The molecule has 0 saturated heterocycles. The second kappa shape index (κ2) is 10.0. The smallest absolute Gasteiger partial charge is 0.308 e. The summed E-state index contributed by atoms with van der Waals surface area (Å²) < 4.78 is 5.30. The zero-order chi connectivity index (χ0) is 26.8. The van der Waals surface area contributed by atoms with Crippen molar-refractivity contribution >= 4 is 50.9 Å². The van der Waals surface area contributed by atoms with Gasteiger partial charge in [0.25, 0.3) is 5.91 Å². The lowest BCUT2D eigenvalue weighted by Gasteiger charge is -2.13. The molecular weight excluding hydrogens is 494 g/mol. The zero-order valence-electron chi connectivity index (χ0n) is 20.7. The number of esters is 1. The average Bonchev–Trinajstić information content (AvgIpc) is 3.41. The van der Waals surface area contributed by atoms with Crippen LogP contribution in [-0.2, 0) is 4.79 Å². The van der Waals surface area contributed by atoms with Crippen molar-refractivity contribution < 1.29 is 14.3 Å². The Balaban J connectivity index is 1.40. The number of ether oxygens (including phenoxy) is 1. The lowest BCUT2D eigenvalue weighted by atomic mass is 10.1. The Morgan fingerprint density at radius 2 is 1.82 bits per heavy atom. The average molecular weight is 516 g/mol. The second-order valence-corrected chi connectivity index (χ2v) is 8.74. The maximum atomic E-state index is 12.6. The number of aromatic nitrogens is 5. The molecule has 39 heavy (non-hydrogen) atoms. The van der Waals surface area contributed by atoms with Crippen molar-refractivity contribution in [2.24, 2.45) is 0 Å². The Morgan fingerprint density at radius 1 is 0.897 bits per heavy atom. The number of H-pyrrole nitrogens is 1. The minimum absolute atomic E-state index is 0.269. The van der Waals surface area contributed by atoms with Gasteiger partial charge < -0.3 is 15.4 Å². The molecule has 0 bridgehead atoms. The van der Waals surface area contributed by atoms with Crippen LogP contribution in [0.15, 0.2) is 91.4 Å². The second-order valence-electron chi connectivity index (χ2n) is 8.74. The largest absolute Gasteiger partial charge is 0.427 e. The first-order valence-electron chi connectivity index (χ1n) is 12.0. The highest BCUT2D eigenvalue weighted by molar-refractivity contribution is 6.04. The quantitative estimate of drug-likeness (QED) is 0.196. The van der Waals surface area contributed by atoms with Crippen LogP contribution in [0.25, 0.3) is 33.2 Å². The number of anilines is 3. The van der Waals surface area contributed by atoms with Gasteiger partial charge in [-0.05, 0) is 60.7 Å². The van der Waals surface area contributed by atoms with Gasteiger partial charge >= 0.3 is 5.97 Å². The normalized spacial score (nSPS) is 10.9. The van der Waals surface area contributed by atoms with Crippen molar-refractivity contribution in [2.45, 2.75) is 6.92 Å². The molecule has 0 aliphatic rings. The van der Waals surface area contributed by atoms with Crippen LogP contribution in [-0.4, -0.2) is 37.0 Å². The van der Waals surface area contributed by atoms with Crippen LogP contribution in [0.5, 0.6) is 5.75 Å². The van der Waals surface area contributed by atoms with Crippen LogP contribution in [0.4, 0.5) is 17.2 Å². The first kappa shape index (κ1) is 23.7. The van der Waals surface area contributed by atoms with Crippen molar-refractivity contribution in [3.63, 3.8) is 0 Å². The van der Waals surface area contributed by atoms with E-state index >= 15 is 0 Å². The monoisotopic (exact) mass is 515 g/mol. The number of carbonyl (C=O) groups excluding carboxylic acids is 2. The molecular formula is C29H21N7O3. The molecule has 3 aromatic carbocycles. The van der Waals surface area contributed by atoms with E-state index in [1.807, 2.05) is 36.4 Å². The van der Waals surface area contributed by atoms with Crippen molar-refractivity contribution in [3.8, 4) is 17.1 Å². The third kappa shape index (κ3) is 5.12. The van der Waals surface area contributed by atoms with Crippen molar-refractivity contribution in [3.05, 3.63) is 97.0 Å². The number of nitrogens with one attached hydrogen (secondary N) is 3. The molecule has 1 amide bonds. The van der Waals surface area contributed by atoms with Gasteiger partial charge in [0.1, 0.15) is 11.6 Å². The highest BCUT2D eigenvalue weighted by Gasteiger charge is 2.14. The predicted octanol–water partition coefficient (Wildman–Crippen LogP) is 5.49. The van der Waals surface area contributed by atoms with Gasteiger partial charge in [-0.1, -0.05) is 12.1 Å². The van der Waals surface area contributed by atoms with Crippen LogP contribution in [0.2, 0.25) is 0 Å². The van der Waals surface area contributed by atoms with E-state index in [4.69, 9.17) is 14.7 Å². The maximum Gasteiger partial charge on any atom is 0.308 e. The molecule has 3 heterocycles. The summed E-state index contributed by atoms with van der Waals surface area (Å²) >= 11 is 0. The van der Waals surface area contributed by atoms with Crippen LogP contribution >= 0.6 is 0 Å². The molecule has 3 N–H and O–H groups in total. The molecule has 0 saturated carbocycles. The number of pyridine rings is 1. The minimum atomic E-state index is -0.419. The SMILES string of the molecule is CC(=O)Oc1ccc2nc(-c3cccc(NC(=O)c4cccnc4)c3)nc(Nc3ccc4[nH]ncc4c3)c2c1. The summed E-state index contributed by atoms with van der Waals surface area (Å²) in [7, 11) is 0. The van der Waals surface area contributed by atoms with E-state index in [0.29, 0.717) is 45.1 Å². The van der Waals surface area contributed by atoms with E-state index in [2.05, 4.69) is 25.8 Å². The van der Waals surface area contributed by atoms with Gasteiger partial charge in [-0.3, -0.25) is 19.7 Å². The molecule has 3 aromatic heterocycles. The fourth-order valence-corrected chi connectivity index (χ4v) is 4.15. The number of rotatable bonds is 6. The number of aromatic amines is 1. The predicted molar refractivity (Wildman–Crippen MR) is 148 cm³/mol. The molecule has 6 aromatic rings. The molecule has 10 heteroatoms. The van der Waals surface area contributed by atoms with E-state index in [0.717, 1.165) is 16.6 Å². The number of fused-ring (bicyclic) bond motifs is 2. The van der Waals surface area contributed by atoms with Gasteiger partial charge in [-0.25, -0.2) is 9.97 Å². The highest BCUT2D eigenvalue weighted by Crippen LogP contribution is 2.31. The summed E-state index contributed by atoms with van der Waals surface area (Å²) in [6, 6.07) is 21.7. The molecule has 6 rings (SSSR count). The van der Waals surface area contributed by atoms with E-state index in [9.17, 15) is 9.59 Å². The lowest BCUT2D eigenvalue weighted by Crippen LogP contribution is -2.12. The summed E-state index contributed by atoms with van der Waals surface area (Å²) in [4.78, 5) is 37.8. The molecule has 0 spiro atoms. The first-order chi connectivity index (χ1) is 19.0. The van der Waals surface area contributed by atoms with Gasteiger partial charge in [0.15, 0.2) is 5.82 Å². The summed E-state index contributed by atoms with van der Waals surface area (Å²) in [6.07, 6.45) is 4.87. The zero-order valence-corrected chi connectivity index (χ0v) is 20.7. The Labute approximate surface area is 222 Å². The Hall–Kier alpha value is -5.64. The lowest BCUT2D eigenvalue weighted by molar-refractivity contribution is -0.131. The van der Waals surface area contributed by atoms with E-state index in [1.165, 1.54) is 13.1 Å². The fourth-order valence-electron chi connectivity index (χ4n) is 4.15. The fraction of sp³-hybridized carbons (Fsp3) is 0.0345. The highest BCUT2D eigenvalue weighted by atomic mass is 16.5. The Morgan fingerprint density at radius 3 is 2.67 bits per heavy atom. The number of hydrogen-bond acceptors (Lipinski definition) is 8. The number of hydrogen-bond donors (Lipinski definition) is 3. The van der Waals surface area contributed by atoms with Gasteiger partial charge in [-0.15, -0.1) is 0 Å². The van der Waals surface area contributed by atoms with E-state index in [1.54, 1.807) is 48.8 Å². The van der Waals surface area contributed by atoms with Crippen LogP contribution in [0, 0.1) is 0 Å². The number of nitrogens with zero attached hydrogens (tertiary/aromatic N) is 4. The minimum Gasteiger partial charge on any atom is -0.427 e. The van der Waals surface area contributed by atoms with Crippen molar-refractivity contribution in [1.29, 1.82) is 0 Å². The Bertz CT molecular complexity index is 1850. The standard InChI is InChI=1S/C29H21N7O3/c1-17(37)39-23-8-10-26-24(14-23)28(32-22-7-9-25-20(13-22)16-31-36-25)35-27(34-26)18-4-2-6-21(12-18)33-29(38)19-5-3-11-30-15-19/h2-16H,1H3,(H,31,36)(H,33,38)(H,32,34,35). The van der Waals surface area contributed by atoms with Gasteiger partial charge in [-0.2, -0.15) is 5.10 Å². The summed E-state index contributed by atoms with van der Waals surface area (Å²) in [6.45, 7) is 1.35. The van der Waals surface area contributed by atoms with Crippen molar-refractivity contribution in [2.75, 3.05) is 10.6 Å². The topological polar surface area (TPSA) is 135 Å². The molecule has 10 nitrogen and oxygen atoms in total. The van der Waals surface area contributed by atoms with Crippen LogP contribution < -0.4 is 15.4 Å². The van der Waals surface area contributed by atoms with E-state index in [-0.39, 0.29) is 5.91 Å². The molecule has 190 valence electrons. The molecule has 0 aliphatic carbocycles. The third-order valence-corrected chi connectivity index (χ3v) is 5.93. The molecule has 0 radical (unpaired) electrons. The molecule has 0 fully saturated rings. The Kier molecular flexibility index (Phi) is 6.10. The van der Waals surface area contributed by atoms with Crippen LogP contribution in [0.1, 0.15) is 17.3 Å². The van der Waals surface area contributed by atoms with Gasteiger partial charge in [0.2, 0.25) is 0 Å². The molecule has 0 unspecified atom stereocenters. The number of benzene rings is 3. The summed E-state index contributed by atoms with van der Waals surface area (Å²) in [5, 5.41) is 14.9. The maximum absolute atomic E-state index is 12.6. The summed E-state index contributed by atoms with van der Waals surface area (Å²) in [5.41, 5.74) is 4.11. The first-order valence-corrected chi connectivity index (χ1v) is 12.0. The van der Waals surface area contributed by atoms with Gasteiger partial charge in [0.05, 0.1) is 22.8 Å². The number of amides is 1. The summed E-state index contributed by atoms with van der Waals surface area (Å²) in [5.74, 6) is 0.676. The molecule has 0 atom stereocenters. The van der Waals surface area contributed by atoms with Crippen molar-refractivity contribution in [1.82, 2.24) is 25.1 Å². The third-order valence-electron chi connectivity index (χ3n) is 5.93. The van der Waals surface area contributed by atoms with Gasteiger partial charge in [0, 0.05) is 47.0 Å². The van der Waals surface area contributed by atoms with Crippen LogP contribution in [0.3, 0.4) is 0 Å².